The summed E-state index contributed by atoms with van der Waals surface area (Å²) in [6.45, 7) is 3.99. The molecule has 2 heterocycles. The number of benzene rings is 1. The van der Waals surface area contributed by atoms with Crippen LogP contribution in [-0.4, -0.2) is 52.3 Å². The molecular weight excluding hydrogens is 369 g/mol. The van der Waals surface area contributed by atoms with Gasteiger partial charge in [0.25, 0.3) is 0 Å². The first kappa shape index (κ1) is 16.0. The largest absolute Gasteiger partial charge is 0.379 e. The Bertz CT molecular complexity index is 730. The number of halogens is 2. The second-order valence-corrected chi connectivity index (χ2v) is 5.98. The molecule has 1 amide bonds. The predicted molar refractivity (Wildman–Crippen MR) is 84.2 cm³/mol. The third kappa shape index (κ3) is 3.57. The van der Waals surface area contributed by atoms with E-state index in [1.165, 1.54) is 6.07 Å². The Labute approximate surface area is 140 Å². The molecule has 0 unspecified atom stereocenters. The maximum absolute atomic E-state index is 14.1. The average Bonchev–Trinajstić information content (AvgIpc) is 2.90. The van der Waals surface area contributed by atoms with E-state index in [1.807, 2.05) is 0 Å². The number of ether oxygens (including phenoxy) is 1. The number of nitrogens with one attached hydrogen (secondary N) is 1. The average molecular weight is 384 g/mol. The highest BCUT2D eigenvalue weighted by Gasteiger charge is 2.19. The predicted octanol–water partition coefficient (Wildman–Crippen LogP) is 1.96. The zero-order valence-corrected chi connectivity index (χ0v) is 14.0. The minimum absolute atomic E-state index is 0.302. The summed E-state index contributed by atoms with van der Waals surface area (Å²) in [6.07, 6.45) is 0. The maximum atomic E-state index is 14.1. The first-order chi connectivity index (χ1) is 11.0. The van der Waals surface area contributed by atoms with Crippen molar-refractivity contribution < 1.29 is 13.9 Å². The van der Waals surface area contributed by atoms with Gasteiger partial charge in [-0.15, -0.1) is 10.2 Å². The Morgan fingerprint density at radius 2 is 2.09 bits per heavy atom. The SMILES string of the molecule is Cc1nn(C(=O)NN2CCOCC2)nc1-c1ccc(Br)cc1F. The lowest BCUT2D eigenvalue weighted by atomic mass is 10.1. The van der Waals surface area contributed by atoms with Gasteiger partial charge in [-0.2, -0.15) is 0 Å². The number of hydrazine groups is 1. The van der Waals surface area contributed by atoms with E-state index < -0.39 is 11.8 Å². The summed E-state index contributed by atoms with van der Waals surface area (Å²) in [6, 6.07) is 4.17. The first-order valence-corrected chi connectivity index (χ1v) is 7.87. The van der Waals surface area contributed by atoms with Crippen molar-refractivity contribution in [3.63, 3.8) is 0 Å². The van der Waals surface area contributed by atoms with Gasteiger partial charge in [0.2, 0.25) is 0 Å². The summed E-state index contributed by atoms with van der Waals surface area (Å²) in [5.74, 6) is -0.428. The fourth-order valence-electron chi connectivity index (χ4n) is 2.26. The lowest BCUT2D eigenvalue weighted by Crippen LogP contribution is -2.50. The van der Waals surface area contributed by atoms with E-state index in [-0.39, 0.29) is 0 Å². The van der Waals surface area contributed by atoms with Crippen LogP contribution in [0.3, 0.4) is 0 Å². The molecule has 3 rings (SSSR count). The molecule has 7 nitrogen and oxygen atoms in total. The number of hydrogen-bond donors (Lipinski definition) is 1. The normalized spacial score (nSPS) is 15.6. The molecule has 1 aromatic heterocycles. The topological polar surface area (TPSA) is 72.3 Å². The standard InChI is InChI=1S/C14H15BrFN5O2/c1-9-13(11-3-2-10(15)8-12(11)16)18-21(17-9)14(22)19-20-4-6-23-7-5-20/h2-3,8H,4-7H2,1H3,(H,19,22). The number of nitrogens with zero attached hydrogens (tertiary/aromatic N) is 4. The summed E-state index contributed by atoms with van der Waals surface area (Å²) >= 11 is 3.21. The van der Waals surface area contributed by atoms with Crippen LogP contribution in [0.25, 0.3) is 11.3 Å². The van der Waals surface area contributed by atoms with E-state index in [0.717, 1.165) is 4.80 Å². The van der Waals surface area contributed by atoms with Gasteiger partial charge in [0.15, 0.2) is 0 Å². The molecule has 0 spiro atoms. The molecule has 0 atom stereocenters. The molecule has 1 aliphatic heterocycles. The van der Waals surface area contributed by atoms with Crippen molar-refractivity contribution in [2.75, 3.05) is 26.3 Å². The smallest absolute Gasteiger partial charge is 0.373 e. The zero-order valence-electron chi connectivity index (χ0n) is 12.4. The number of carbonyl (C=O) groups excluding carboxylic acids is 1. The first-order valence-electron chi connectivity index (χ1n) is 7.07. The molecule has 0 radical (unpaired) electrons. The fourth-order valence-corrected chi connectivity index (χ4v) is 2.59. The maximum Gasteiger partial charge on any atom is 0.373 e. The molecular formula is C14H15BrFN5O2. The van der Waals surface area contributed by atoms with Gasteiger partial charge in [0.1, 0.15) is 11.5 Å². The van der Waals surface area contributed by atoms with Crippen LogP contribution in [0.15, 0.2) is 22.7 Å². The van der Waals surface area contributed by atoms with Crippen LogP contribution in [0.1, 0.15) is 5.69 Å². The van der Waals surface area contributed by atoms with Crippen LogP contribution < -0.4 is 5.43 Å². The number of rotatable bonds is 2. The quantitative estimate of drug-likeness (QED) is 0.857. The number of aryl methyl sites for hydroxylation is 1. The van der Waals surface area contributed by atoms with E-state index in [9.17, 15) is 9.18 Å². The molecule has 0 bridgehead atoms. The van der Waals surface area contributed by atoms with E-state index in [2.05, 4.69) is 31.6 Å². The second kappa shape index (κ2) is 6.73. The molecule has 1 aromatic carbocycles. The molecule has 1 saturated heterocycles. The highest BCUT2D eigenvalue weighted by atomic mass is 79.9. The van der Waals surface area contributed by atoms with Crippen molar-refractivity contribution in [1.29, 1.82) is 0 Å². The van der Waals surface area contributed by atoms with Crippen LogP contribution in [0.4, 0.5) is 9.18 Å². The number of hydrogen-bond acceptors (Lipinski definition) is 5. The minimum Gasteiger partial charge on any atom is -0.379 e. The zero-order chi connectivity index (χ0) is 16.4. The van der Waals surface area contributed by atoms with Crippen molar-refractivity contribution in [2.24, 2.45) is 0 Å². The Morgan fingerprint density at radius 1 is 1.35 bits per heavy atom. The summed E-state index contributed by atoms with van der Waals surface area (Å²) in [5.41, 5.74) is 3.82. The highest BCUT2D eigenvalue weighted by molar-refractivity contribution is 9.10. The molecule has 1 aliphatic rings. The Morgan fingerprint density at radius 3 is 2.78 bits per heavy atom. The monoisotopic (exact) mass is 383 g/mol. The van der Waals surface area contributed by atoms with Crippen LogP contribution in [-0.2, 0) is 4.74 Å². The van der Waals surface area contributed by atoms with E-state index in [1.54, 1.807) is 24.1 Å². The molecule has 1 N–H and O–H groups in total. The van der Waals surface area contributed by atoms with E-state index >= 15 is 0 Å². The van der Waals surface area contributed by atoms with Gasteiger partial charge >= 0.3 is 6.03 Å². The van der Waals surface area contributed by atoms with Gasteiger partial charge in [0, 0.05) is 23.1 Å². The van der Waals surface area contributed by atoms with E-state index in [4.69, 9.17) is 4.74 Å². The van der Waals surface area contributed by atoms with Gasteiger partial charge in [0.05, 0.1) is 18.9 Å². The third-order valence-electron chi connectivity index (χ3n) is 3.41. The van der Waals surface area contributed by atoms with Crippen LogP contribution in [0.2, 0.25) is 0 Å². The van der Waals surface area contributed by atoms with Crippen molar-refractivity contribution >= 4 is 22.0 Å². The number of carbonyl (C=O) groups is 1. The van der Waals surface area contributed by atoms with Crippen molar-refractivity contribution in [1.82, 2.24) is 25.4 Å². The van der Waals surface area contributed by atoms with Gasteiger partial charge in [-0.3, -0.25) is 5.43 Å². The number of amides is 1. The van der Waals surface area contributed by atoms with Gasteiger partial charge in [-0.1, -0.05) is 20.7 Å². The van der Waals surface area contributed by atoms with Gasteiger partial charge in [-0.25, -0.2) is 14.2 Å². The lowest BCUT2D eigenvalue weighted by Gasteiger charge is -2.26. The van der Waals surface area contributed by atoms with Crippen molar-refractivity contribution in [3.8, 4) is 11.3 Å². The Hall–Kier alpha value is -1.84. The number of aromatic nitrogens is 3. The van der Waals surface area contributed by atoms with E-state index in [0.29, 0.717) is 47.7 Å². The second-order valence-electron chi connectivity index (χ2n) is 5.06. The van der Waals surface area contributed by atoms with Crippen LogP contribution in [0.5, 0.6) is 0 Å². The van der Waals surface area contributed by atoms with Crippen LogP contribution in [0, 0.1) is 12.7 Å². The summed E-state index contributed by atoms with van der Waals surface area (Å²) in [7, 11) is 0. The van der Waals surface area contributed by atoms with Crippen molar-refractivity contribution in [2.45, 2.75) is 6.92 Å². The molecule has 0 aliphatic carbocycles. The van der Waals surface area contributed by atoms with Crippen LogP contribution >= 0.6 is 15.9 Å². The highest BCUT2D eigenvalue weighted by Crippen LogP contribution is 2.25. The number of morpholine rings is 1. The molecule has 0 saturated carbocycles. The van der Waals surface area contributed by atoms with Crippen molar-refractivity contribution in [3.05, 3.63) is 34.2 Å². The van der Waals surface area contributed by atoms with Gasteiger partial charge in [-0.05, 0) is 25.1 Å². The lowest BCUT2D eigenvalue weighted by molar-refractivity contribution is 0.0191. The third-order valence-corrected chi connectivity index (χ3v) is 3.91. The molecule has 1 fully saturated rings. The fraction of sp³-hybridized carbons (Fsp3) is 0.357. The molecule has 23 heavy (non-hydrogen) atoms. The molecule has 122 valence electrons. The minimum atomic E-state index is -0.487. The summed E-state index contributed by atoms with van der Waals surface area (Å²) < 4.78 is 19.9. The Kier molecular flexibility index (Phi) is 4.69. The molecule has 9 heteroatoms. The molecule has 2 aromatic rings. The van der Waals surface area contributed by atoms with Gasteiger partial charge < -0.3 is 4.74 Å². The summed E-state index contributed by atoms with van der Waals surface area (Å²) in [4.78, 5) is 13.1. The Balaban J connectivity index is 1.81. The summed E-state index contributed by atoms with van der Waals surface area (Å²) in [5, 5.41) is 9.93.